The molecular weight excluding hydrogens is 412 g/mol. The number of aliphatic hydroxyl groups excluding tert-OH is 2. The van der Waals surface area contributed by atoms with Gasteiger partial charge in [0.15, 0.2) is 5.82 Å². The van der Waals surface area contributed by atoms with Crippen molar-refractivity contribution in [3.63, 3.8) is 0 Å². The fraction of sp³-hybridized carbons (Fsp3) is 0.364. The molecule has 0 aliphatic heterocycles. The molecule has 6 N–H and O–H groups in total. The van der Waals surface area contributed by atoms with Crippen molar-refractivity contribution in [1.29, 1.82) is 0 Å². The standard InChI is InChI=1S/C22H24N6O2S/c1-22(7-6-11-2-3-12-4-5-15(23)27-14(12)8-11)9-13(18(29)20(22)30)19-16-17(28-31-19)21(24)26-10-25-16/h2-5,8,10,13,18,20,29-30H,6-7,9H2,1H3,(H2,23,27)(H2,24,25,26)/t13-,18+,20+,22+/m1/s1. The third-order valence-electron chi connectivity index (χ3n) is 6.55. The molecule has 1 saturated carbocycles. The van der Waals surface area contributed by atoms with Gasteiger partial charge in [0.25, 0.3) is 0 Å². The van der Waals surface area contributed by atoms with Gasteiger partial charge >= 0.3 is 0 Å². The molecule has 1 fully saturated rings. The van der Waals surface area contributed by atoms with E-state index in [1.165, 1.54) is 17.9 Å². The smallest absolute Gasteiger partial charge is 0.154 e. The Morgan fingerprint density at radius 2 is 1.94 bits per heavy atom. The van der Waals surface area contributed by atoms with Crippen molar-refractivity contribution in [2.24, 2.45) is 5.41 Å². The van der Waals surface area contributed by atoms with Gasteiger partial charge in [0.2, 0.25) is 0 Å². The van der Waals surface area contributed by atoms with Crippen molar-refractivity contribution in [3.8, 4) is 0 Å². The molecule has 0 spiro atoms. The van der Waals surface area contributed by atoms with Crippen molar-refractivity contribution >= 4 is 45.1 Å². The van der Waals surface area contributed by atoms with Gasteiger partial charge in [0.05, 0.1) is 22.6 Å². The average molecular weight is 437 g/mol. The Hall–Kier alpha value is -2.88. The molecule has 1 aromatic carbocycles. The van der Waals surface area contributed by atoms with Gasteiger partial charge in [-0.2, -0.15) is 4.37 Å². The molecule has 1 aliphatic rings. The highest BCUT2D eigenvalue weighted by molar-refractivity contribution is 7.07. The van der Waals surface area contributed by atoms with Gasteiger partial charge in [-0.05, 0) is 60.0 Å². The molecule has 0 unspecified atom stereocenters. The Morgan fingerprint density at radius 1 is 1.13 bits per heavy atom. The van der Waals surface area contributed by atoms with Crippen molar-refractivity contribution in [3.05, 3.63) is 47.1 Å². The van der Waals surface area contributed by atoms with Gasteiger partial charge in [0.1, 0.15) is 23.2 Å². The summed E-state index contributed by atoms with van der Waals surface area (Å²) in [5.41, 5.74) is 14.5. The highest BCUT2D eigenvalue weighted by Crippen LogP contribution is 2.51. The average Bonchev–Trinajstić information content (AvgIpc) is 3.28. The number of fused-ring (bicyclic) bond motifs is 2. The van der Waals surface area contributed by atoms with Crippen LogP contribution in [0.25, 0.3) is 21.9 Å². The molecule has 5 rings (SSSR count). The van der Waals surface area contributed by atoms with Gasteiger partial charge < -0.3 is 21.7 Å². The summed E-state index contributed by atoms with van der Waals surface area (Å²) in [7, 11) is 0. The lowest BCUT2D eigenvalue weighted by molar-refractivity contribution is -0.0199. The monoisotopic (exact) mass is 436 g/mol. The SMILES string of the molecule is C[C@]1(CCc2ccc3ccc(N)nc3c2)C[C@@H](c2snc3c(N)ncnc23)[C@H](O)[C@@H]1O. The summed E-state index contributed by atoms with van der Waals surface area (Å²) >= 11 is 1.27. The van der Waals surface area contributed by atoms with E-state index in [1.807, 2.05) is 25.1 Å². The van der Waals surface area contributed by atoms with Gasteiger partial charge in [-0.1, -0.05) is 19.1 Å². The van der Waals surface area contributed by atoms with Crippen LogP contribution in [0.3, 0.4) is 0 Å². The Morgan fingerprint density at radius 3 is 2.77 bits per heavy atom. The molecule has 31 heavy (non-hydrogen) atoms. The lowest BCUT2D eigenvalue weighted by Crippen LogP contribution is -2.34. The molecule has 4 atom stereocenters. The van der Waals surface area contributed by atoms with Crippen LogP contribution in [0, 0.1) is 5.41 Å². The second kappa shape index (κ2) is 7.37. The van der Waals surface area contributed by atoms with Crippen molar-refractivity contribution in [2.45, 2.75) is 44.3 Å². The van der Waals surface area contributed by atoms with E-state index in [0.29, 0.717) is 29.1 Å². The number of anilines is 2. The lowest BCUT2D eigenvalue weighted by Gasteiger charge is -2.28. The second-order valence-corrected chi connectivity index (χ2v) is 9.47. The molecule has 9 heteroatoms. The minimum absolute atomic E-state index is 0.248. The van der Waals surface area contributed by atoms with Gasteiger partial charge in [-0.3, -0.25) is 0 Å². The molecule has 8 nitrogen and oxygen atoms in total. The van der Waals surface area contributed by atoms with E-state index in [4.69, 9.17) is 11.5 Å². The van der Waals surface area contributed by atoms with Crippen molar-refractivity contribution in [2.75, 3.05) is 11.5 Å². The number of benzene rings is 1. The minimum Gasteiger partial charge on any atom is -0.390 e. The summed E-state index contributed by atoms with van der Waals surface area (Å²) in [6.07, 6.45) is 1.80. The Labute approximate surface area is 183 Å². The molecule has 0 radical (unpaired) electrons. The van der Waals surface area contributed by atoms with Crippen LogP contribution >= 0.6 is 11.5 Å². The van der Waals surface area contributed by atoms with E-state index in [0.717, 1.165) is 34.2 Å². The van der Waals surface area contributed by atoms with Crippen molar-refractivity contribution < 1.29 is 10.2 Å². The molecule has 3 heterocycles. The zero-order valence-corrected chi connectivity index (χ0v) is 17.9. The van der Waals surface area contributed by atoms with Gasteiger partial charge in [0, 0.05) is 11.3 Å². The summed E-state index contributed by atoms with van der Waals surface area (Å²) in [5, 5.41) is 22.9. The summed E-state index contributed by atoms with van der Waals surface area (Å²) < 4.78 is 4.38. The van der Waals surface area contributed by atoms with Crippen LogP contribution in [0.1, 0.15) is 36.1 Å². The maximum atomic E-state index is 10.9. The van der Waals surface area contributed by atoms with E-state index in [1.54, 1.807) is 6.07 Å². The van der Waals surface area contributed by atoms with Crippen LogP contribution in [0.2, 0.25) is 0 Å². The number of aliphatic hydroxyl groups is 2. The molecule has 4 aromatic rings. The number of pyridine rings is 1. The van der Waals surface area contributed by atoms with Gasteiger partial charge in [-0.15, -0.1) is 0 Å². The molecule has 3 aromatic heterocycles. The van der Waals surface area contributed by atoms with Crippen LogP contribution in [0.4, 0.5) is 11.6 Å². The number of hydrogen-bond donors (Lipinski definition) is 4. The van der Waals surface area contributed by atoms with E-state index in [-0.39, 0.29) is 5.92 Å². The summed E-state index contributed by atoms with van der Waals surface area (Å²) in [6, 6.07) is 9.91. The first kappa shape index (κ1) is 20.0. The molecule has 0 amide bonds. The fourth-order valence-electron chi connectivity index (χ4n) is 4.68. The highest BCUT2D eigenvalue weighted by Gasteiger charge is 2.50. The topological polar surface area (TPSA) is 144 Å². The van der Waals surface area contributed by atoms with Crippen LogP contribution in [-0.4, -0.2) is 41.7 Å². The van der Waals surface area contributed by atoms with E-state index >= 15 is 0 Å². The van der Waals surface area contributed by atoms with Crippen LogP contribution < -0.4 is 11.5 Å². The van der Waals surface area contributed by atoms with Crippen molar-refractivity contribution in [1.82, 2.24) is 19.3 Å². The van der Waals surface area contributed by atoms with E-state index in [9.17, 15) is 10.2 Å². The first-order valence-corrected chi connectivity index (χ1v) is 11.0. The van der Waals surface area contributed by atoms with Gasteiger partial charge in [-0.25, -0.2) is 15.0 Å². The fourth-order valence-corrected chi connectivity index (χ4v) is 5.65. The largest absolute Gasteiger partial charge is 0.390 e. The second-order valence-electron chi connectivity index (χ2n) is 8.67. The zero-order chi connectivity index (χ0) is 21.8. The number of aryl methyl sites for hydroxylation is 1. The zero-order valence-electron chi connectivity index (χ0n) is 17.1. The predicted molar refractivity (Wildman–Crippen MR) is 122 cm³/mol. The first-order chi connectivity index (χ1) is 14.9. The number of aromatic nitrogens is 4. The maximum absolute atomic E-state index is 10.9. The predicted octanol–water partition coefficient (Wildman–Crippen LogP) is 2.65. The first-order valence-electron chi connectivity index (χ1n) is 10.2. The Balaban J connectivity index is 1.39. The lowest BCUT2D eigenvalue weighted by atomic mass is 9.80. The van der Waals surface area contributed by atoms with Crippen LogP contribution in [-0.2, 0) is 6.42 Å². The highest BCUT2D eigenvalue weighted by atomic mass is 32.1. The summed E-state index contributed by atoms with van der Waals surface area (Å²) in [5.74, 6) is 0.575. The van der Waals surface area contributed by atoms with Crippen LogP contribution in [0.15, 0.2) is 36.7 Å². The number of rotatable bonds is 4. The van der Waals surface area contributed by atoms with E-state index in [2.05, 4.69) is 25.4 Å². The number of hydrogen-bond acceptors (Lipinski definition) is 9. The Kier molecular flexibility index (Phi) is 4.76. The normalized spacial score (nSPS) is 26.1. The third kappa shape index (κ3) is 3.38. The molecule has 0 bridgehead atoms. The quantitative estimate of drug-likeness (QED) is 0.382. The molecular formula is C22H24N6O2S. The molecule has 1 aliphatic carbocycles. The minimum atomic E-state index is -0.886. The summed E-state index contributed by atoms with van der Waals surface area (Å²) in [6.45, 7) is 2.03. The molecule has 0 saturated heterocycles. The molecule has 160 valence electrons. The Bertz CT molecular complexity index is 1280. The van der Waals surface area contributed by atoms with E-state index < -0.39 is 17.6 Å². The number of nitrogen functional groups attached to an aromatic ring is 2. The number of nitrogens with zero attached hydrogens (tertiary/aromatic N) is 4. The summed E-state index contributed by atoms with van der Waals surface area (Å²) in [4.78, 5) is 13.6. The maximum Gasteiger partial charge on any atom is 0.154 e. The van der Waals surface area contributed by atoms with Crippen LogP contribution in [0.5, 0.6) is 0 Å². The number of nitrogens with two attached hydrogens (primary N) is 2. The third-order valence-corrected chi connectivity index (χ3v) is 7.52.